The second kappa shape index (κ2) is 3.09. The van der Waals surface area contributed by atoms with E-state index in [1.54, 1.807) is 19.3 Å². The Hall–Kier alpha value is -0.760. The van der Waals surface area contributed by atoms with E-state index in [1.807, 2.05) is 6.92 Å². The lowest BCUT2D eigenvalue weighted by Gasteiger charge is -2.01. The first-order chi connectivity index (χ1) is 5.16. The standard InChI is InChI=1S/C8H10ClNO/c1-3-6-7(9)4-5-10(2)8(6)11/h4-5H,3H2,1-2H3. The fraction of sp³-hybridized carbons (Fsp3) is 0.375. The maximum Gasteiger partial charge on any atom is 0.254 e. The molecule has 11 heavy (non-hydrogen) atoms. The molecule has 1 heterocycles. The zero-order valence-corrected chi connectivity index (χ0v) is 7.35. The van der Waals surface area contributed by atoms with Crippen LogP contribution in [-0.4, -0.2) is 4.57 Å². The Labute approximate surface area is 70.4 Å². The van der Waals surface area contributed by atoms with Crippen molar-refractivity contribution in [2.24, 2.45) is 7.05 Å². The molecule has 0 saturated heterocycles. The second-order valence-electron chi connectivity index (χ2n) is 2.41. The third kappa shape index (κ3) is 1.46. The van der Waals surface area contributed by atoms with Crippen LogP contribution in [0.2, 0.25) is 5.02 Å². The molecule has 60 valence electrons. The summed E-state index contributed by atoms with van der Waals surface area (Å²) in [5.74, 6) is 0. The predicted octanol–water partition coefficient (Wildman–Crippen LogP) is 1.60. The molecule has 2 nitrogen and oxygen atoms in total. The quantitative estimate of drug-likeness (QED) is 0.629. The number of hydrogen-bond donors (Lipinski definition) is 0. The molecular weight excluding hydrogens is 162 g/mol. The van der Waals surface area contributed by atoms with E-state index in [1.165, 1.54) is 4.57 Å². The van der Waals surface area contributed by atoms with Gasteiger partial charge in [0.05, 0.1) is 5.02 Å². The minimum atomic E-state index is 0.000000000000000222. The largest absolute Gasteiger partial charge is 0.318 e. The van der Waals surface area contributed by atoms with E-state index in [2.05, 4.69) is 0 Å². The van der Waals surface area contributed by atoms with Crippen LogP contribution in [0.4, 0.5) is 0 Å². The Bertz CT molecular complexity index is 316. The van der Waals surface area contributed by atoms with E-state index in [-0.39, 0.29) is 5.56 Å². The molecule has 0 bridgehead atoms. The molecular formula is C8H10ClNO. The summed E-state index contributed by atoms with van der Waals surface area (Å²) >= 11 is 5.79. The van der Waals surface area contributed by atoms with Crippen molar-refractivity contribution < 1.29 is 0 Å². The van der Waals surface area contributed by atoms with E-state index in [0.717, 1.165) is 0 Å². The van der Waals surface area contributed by atoms with Crippen molar-refractivity contribution >= 4 is 11.6 Å². The molecule has 0 unspecified atom stereocenters. The predicted molar refractivity (Wildman–Crippen MR) is 46.1 cm³/mol. The van der Waals surface area contributed by atoms with Gasteiger partial charge in [-0.1, -0.05) is 18.5 Å². The van der Waals surface area contributed by atoms with Gasteiger partial charge in [-0.05, 0) is 12.5 Å². The number of rotatable bonds is 1. The van der Waals surface area contributed by atoms with Crippen molar-refractivity contribution in [3.63, 3.8) is 0 Å². The molecule has 0 aliphatic carbocycles. The molecule has 0 aliphatic rings. The van der Waals surface area contributed by atoms with Crippen molar-refractivity contribution in [1.82, 2.24) is 4.57 Å². The molecule has 0 radical (unpaired) electrons. The summed E-state index contributed by atoms with van der Waals surface area (Å²) in [5, 5.41) is 0.565. The van der Waals surface area contributed by atoms with Crippen molar-refractivity contribution in [3.05, 3.63) is 33.2 Å². The van der Waals surface area contributed by atoms with Gasteiger partial charge >= 0.3 is 0 Å². The molecule has 1 aromatic heterocycles. The van der Waals surface area contributed by atoms with Crippen LogP contribution in [0.5, 0.6) is 0 Å². The van der Waals surface area contributed by atoms with Gasteiger partial charge in [0.2, 0.25) is 0 Å². The molecule has 0 amide bonds. The summed E-state index contributed by atoms with van der Waals surface area (Å²) in [4.78, 5) is 11.3. The summed E-state index contributed by atoms with van der Waals surface area (Å²) in [7, 11) is 1.72. The smallest absolute Gasteiger partial charge is 0.254 e. The first kappa shape index (κ1) is 8.34. The van der Waals surface area contributed by atoms with Crippen LogP contribution in [0.1, 0.15) is 12.5 Å². The summed E-state index contributed by atoms with van der Waals surface area (Å²) in [6.07, 6.45) is 2.36. The van der Waals surface area contributed by atoms with Gasteiger partial charge in [0.1, 0.15) is 0 Å². The van der Waals surface area contributed by atoms with E-state index in [4.69, 9.17) is 11.6 Å². The van der Waals surface area contributed by atoms with Crippen molar-refractivity contribution in [2.45, 2.75) is 13.3 Å². The molecule has 0 aliphatic heterocycles. The van der Waals surface area contributed by atoms with E-state index >= 15 is 0 Å². The molecule has 0 spiro atoms. The lowest BCUT2D eigenvalue weighted by molar-refractivity contribution is 0.835. The molecule has 0 fully saturated rings. The minimum absolute atomic E-state index is 0.000000000000000222. The van der Waals surface area contributed by atoms with E-state index < -0.39 is 0 Å². The average molecular weight is 172 g/mol. The Morgan fingerprint density at radius 1 is 1.64 bits per heavy atom. The highest BCUT2D eigenvalue weighted by Gasteiger charge is 2.02. The molecule has 3 heteroatoms. The zero-order valence-electron chi connectivity index (χ0n) is 6.60. The van der Waals surface area contributed by atoms with Gasteiger partial charge in [-0.25, -0.2) is 0 Å². The Balaban J connectivity index is 3.41. The van der Waals surface area contributed by atoms with Crippen LogP contribution >= 0.6 is 11.6 Å². The lowest BCUT2D eigenvalue weighted by Crippen LogP contribution is -2.19. The fourth-order valence-corrected chi connectivity index (χ4v) is 1.25. The Kier molecular flexibility index (Phi) is 2.35. The van der Waals surface area contributed by atoms with Crippen LogP contribution < -0.4 is 5.56 Å². The Morgan fingerprint density at radius 3 is 2.73 bits per heavy atom. The van der Waals surface area contributed by atoms with Crippen LogP contribution in [0.25, 0.3) is 0 Å². The SMILES string of the molecule is CCc1c(Cl)ccn(C)c1=O. The number of aromatic nitrogens is 1. The summed E-state index contributed by atoms with van der Waals surface area (Å²) < 4.78 is 1.53. The van der Waals surface area contributed by atoms with Gasteiger partial charge in [0.15, 0.2) is 0 Å². The number of nitrogens with zero attached hydrogens (tertiary/aromatic N) is 1. The number of hydrogen-bond acceptors (Lipinski definition) is 1. The first-order valence-electron chi connectivity index (χ1n) is 3.50. The number of pyridine rings is 1. The van der Waals surface area contributed by atoms with E-state index in [0.29, 0.717) is 17.0 Å². The molecule has 1 aromatic rings. The average Bonchev–Trinajstić information content (AvgIpc) is 1.99. The van der Waals surface area contributed by atoms with Gasteiger partial charge in [-0.2, -0.15) is 0 Å². The molecule has 1 rings (SSSR count). The van der Waals surface area contributed by atoms with Gasteiger partial charge in [0.25, 0.3) is 5.56 Å². The molecule has 0 atom stereocenters. The van der Waals surface area contributed by atoms with Gasteiger partial charge < -0.3 is 4.57 Å². The maximum absolute atomic E-state index is 11.3. The first-order valence-corrected chi connectivity index (χ1v) is 3.88. The van der Waals surface area contributed by atoms with Crippen molar-refractivity contribution in [1.29, 1.82) is 0 Å². The van der Waals surface area contributed by atoms with Crippen LogP contribution in [-0.2, 0) is 13.5 Å². The number of halogens is 1. The van der Waals surface area contributed by atoms with E-state index in [9.17, 15) is 4.79 Å². The van der Waals surface area contributed by atoms with Crippen LogP contribution in [0.3, 0.4) is 0 Å². The highest BCUT2D eigenvalue weighted by Crippen LogP contribution is 2.10. The monoisotopic (exact) mass is 171 g/mol. The minimum Gasteiger partial charge on any atom is -0.318 e. The normalized spacial score (nSPS) is 10.1. The highest BCUT2D eigenvalue weighted by atomic mass is 35.5. The van der Waals surface area contributed by atoms with Gasteiger partial charge in [-0.15, -0.1) is 0 Å². The maximum atomic E-state index is 11.3. The second-order valence-corrected chi connectivity index (χ2v) is 2.82. The zero-order chi connectivity index (χ0) is 8.43. The van der Waals surface area contributed by atoms with Crippen molar-refractivity contribution in [2.75, 3.05) is 0 Å². The molecule has 0 aromatic carbocycles. The third-order valence-corrected chi connectivity index (χ3v) is 2.02. The van der Waals surface area contributed by atoms with Gasteiger partial charge in [0, 0.05) is 18.8 Å². The topological polar surface area (TPSA) is 22.0 Å². The van der Waals surface area contributed by atoms with Crippen LogP contribution in [0, 0.1) is 0 Å². The summed E-state index contributed by atoms with van der Waals surface area (Å²) in [6, 6.07) is 1.74. The fourth-order valence-electron chi connectivity index (χ4n) is 0.981. The third-order valence-electron chi connectivity index (χ3n) is 1.66. The lowest BCUT2D eigenvalue weighted by atomic mass is 10.2. The van der Waals surface area contributed by atoms with Gasteiger partial charge in [-0.3, -0.25) is 4.79 Å². The molecule has 0 N–H and O–H groups in total. The Morgan fingerprint density at radius 2 is 2.27 bits per heavy atom. The highest BCUT2D eigenvalue weighted by molar-refractivity contribution is 6.31. The van der Waals surface area contributed by atoms with Crippen LogP contribution in [0.15, 0.2) is 17.1 Å². The number of aryl methyl sites for hydroxylation is 1. The summed E-state index contributed by atoms with van der Waals surface area (Å²) in [5.41, 5.74) is 0.691. The summed E-state index contributed by atoms with van der Waals surface area (Å²) in [6.45, 7) is 1.92. The molecule has 0 saturated carbocycles. The van der Waals surface area contributed by atoms with Crippen molar-refractivity contribution in [3.8, 4) is 0 Å².